The average Bonchev–Trinajstić information content (AvgIpc) is 2.93. The Hall–Kier alpha value is -3.97. The van der Waals surface area contributed by atoms with Crippen molar-refractivity contribution in [1.82, 2.24) is 19.9 Å². The molecule has 1 saturated heterocycles. The smallest absolute Gasteiger partial charge is 0.232 e. The van der Waals surface area contributed by atoms with E-state index >= 15 is 4.39 Å². The molecule has 0 unspecified atom stereocenters. The van der Waals surface area contributed by atoms with Crippen LogP contribution in [0.5, 0.6) is 0 Å². The van der Waals surface area contributed by atoms with Gasteiger partial charge in [0.05, 0.1) is 48.6 Å². The Kier molecular flexibility index (Phi) is 7.53. The molecule has 1 fully saturated rings. The number of nitrogens with two attached hydrogens (primary N) is 1. The van der Waals surface area contributed by atoms with Crippen molar-refractivity contribution in [2.24, 2.45) is 0 Å². The number of halogens is 2. The van der Waals surface area contributed by atoms with Crippen LogP contribution in [0.2, 0.25) is 0 Å². The van der Waals surface area contributed by atoms with E-state index in [1.165, 1.54) is 18.2 Å². The molecule has 10 nitrogen and oxygen atoms in total. The van der Waals surface area contributed by atoms with Gasteiger partial charge in [0.25, 0.3) is 0 Å². The fourth-order valence-corrected chi connectivity index (χ4v) is 5.41. The van der Waals surface area contributed by atoms with Crippen LogP contribution < -0.4 is 15.4 Å². The minimum absolute atomic E-state index is 0.00140. The molecule has 1 atom stereocenters. The molecule has 0 amide bonds. The molecule has 3 aromatic heterocycles. The van der Waals surface area contributed by atoms with Crippen molar-refractivity contribution in [3.05, 3.63) is 54.5 Å². The van der Waals surface area contributed by atoms with Crippen LogP contribution in [0.25, 0.3) is 33.7 Å². The first-order chi connectivity index (χ1) is 18.8. The van der Waals surface area contributed by atoms with Crippen LogP contribution in [-0.2, 0) is 14.8 Å². The van der Waals surface area contributed by atoms with E-state index in [0.29, 0.717) is 53.8 Å². The van der Waals surface area contributed by atoms with E-state index in [1.54, 1.807) is 30.5 Å². The summed E-state index contributed by atoms with van der Waals surface area (Å²) in [5.41, 5.74) is 7.55. The van der Waals surface area contributed by atoms with Gasteiger partial charge >= 0.3 is 0 Å². The van der Waals surface area contributed by atoms with Gasteiger partial charge in [0.15, 0.2) is 17.5 Å². The van der Waals surface area contributed by atoms with Crippen molar-refractivity contribution in [1.29, 1.82) is 0 Å². The minimum Gasteiger partial charge on any atom is -0.384 e. The molecule has 1 aromatic carbocycles. The lowest BCUT2D eigenvalue weighted by atomic mass is 10.1. The highest BCUT2D eigenvalue weighted by Crippen LogP contribution is 2.33. The molecule has 5 rings (SSSR count). The third kappa shape index (κ3) is 5.73. The molecular formula is C26H27F2N7O3S. The van der Waals surface area contributed by atoms with E-state index < -0.39 is 28.3 Å². The molecule has 1 aliphatic heterocycles. The molecule has 1 aliphatic rings. The van der Waals surface area contributed by atoms with Gasteiger partial charge in [-0.2, -0.15) is 0 Å². The SMILES string of the molecule is C[C@H]1COCCN1c1nc(-c2ccc(N)nc2)nc2ccc(-c3cccc(NS(=O)(=O)CCCF)c3F)nc12. The molecule has 4 heterocycles. The number of rotatable bonds is 8. The van der Waals surface area contributed by atoms with Gasteiger partial charge in [0.2, 0.25) is 10.0 Å². The van der Waals surface area contributed by atoms with Crippen LogP contribution >= 0.6 is 0 Å². The van der Waals surface area contributed by atoms with Crippen LogP contribution in [0, 0.1) is 5.82 Å². The van der Waals surface area contributed by atoms with E-state index in [0.717, 1.165) is 0 Å². The number of benzene rings is 1. The van der Waals surface area contributed by atoms with Crippen molar-refractivity contribution in [2.45, 2.75) is 19.4 Å². The summed E-state index contributed by atoms with van der Waals surface area (Å²) in [7, 11) is -3.92. The third-order valence-corrected chi connectivity index (χ3v) is 7.65. The minimum atomic E-state index is -3.92. The predicted molar refractivity (Wildman–Crippen MR) is 146 cm³/mol. The predicted octanol–water partition coefficient (Wildman–Crippen LogP) is 3.80. The van der Waals surface area contributed by atoms with Crippen molar-refractivity contribution >= 4 is 38.4 Å². The van der Waals surface area contributed by atoms with Gasteiger partial charge in [-0.05, 0) is 49.7 Å². The normalized spacial score (nSPS) is 16.0. The second kappa shape index (κ2) is 11.0. The fourth-order valence-electron chi connectivity index (χ4n) is 4.33. The molecule has 4 aromatic rings. The number of morpholine rings is 1. The van der Waals surface area contributed by atoms with Gasteiger partial charge in [0.1, 0.15) is 11.3 Å². The van der Waals surface area contributed by atoms with Crippen LogP contribution in [0.1, 0.15) is 13.3 Å². The molecule has 13 heteroatoms. The van der Waals surface area contributed by atoms with Crippen LogP contribution in [0.15, 0.2) is 48.7 Å². The van der Waals surface area contributed by atoms with Crippen molar-refractivity contribution < 1.29 is 21.9 Å². The zero-order chi connectivity index (χ0) is 27.6. The Morgan fingerprint density at radius 1 is 1.15 bits per heavy atom. The highest BCUT2D eigenvalue weighted by atomic mass is 32.2. The molecule has 3 N–H and O–H groups in total. The highest BCUT2D eigenvalue weighted by Gasteiger charge is 2.25. The number of nitrogens with zero attached hydrogens (tertiary/aromatic N) is 5. The van der Waals surface area contributed by atoms with Gasteiger partial charge in [-0.1, -0.05) is 6.07 Å². The largest absolute Gasteiger partial charge is 0.384 e. The summed E-state index contributed by atoms with van der Waals surface area (Å²) in [6, 6.07) is 11.1. The Labute approximate surface area is 224 Å². The maximum Gasteiger partial charge on any atom is 0.232 e. The van der Waals surface area contributed by atoms with Crippen LogP contribution in [0.4, 0.5) is 26.1 Å². The summed E-state index contributed by atoms with van der Waals surface area (Å²) < 4.78 is 60.3. The summed E-state index contributed by atoms with van der Waals surface area (Å²) >= 11 is 0. The Morgan fingerprint density at radius 2 is 2.00 bits per heavy atom. The van der Waals surface area contributed by atoms with E-state index in [-0.39, 0.29) is 29.4 Å². The number of anilines is 3. The lowest BCUT2D eigenvalue weighted by Gasteiger charge is -2.34. The number of sulfonamides is 1. The van der Waals surface area contributed by atoms with Crippen LogP contribution in [-0.4, -0.2) is 66.6 Å². The Bertz CT molecular complexity index is 1600. The van der Waals surface area contributed by atoms with Gasteiger partial charge in [-0.25, -0.2) is 32.7 Å². The Balaban J connectivity index is 1.61. The van der Waals surface area contributed by atoms with E-state index in [4.69, 9.17) is 20.4 Å². The van der Waals surface area contributed by atoms with Gasteiger partial charge < -0.3 is 15.4 Å². The number of nitrogen functional groups attached to an aromatic ring is 1. The molecule has 39 heavy (non-hydrogen) atoms. The van der Waals surface area contributed by atoms with E-state index in [9.17, 15) is 12.8 Å². The molecule has 204 valence electrons. The Morgan fingerprint density at radius 3 is 2.74 bits per heavy atom. The van der Waals surface area contributed by atoms with Gasteiger partial charge in [-0.15, -0.1) is 0 Å². The zero-order valence-electron chi connectivity index (χ0n) is 21.1. The summed E-state index contributed by atoms with van der Waals surface area (Å²) in [4.78, 5) is 20.5. The molecular weight excluding hydrogens is 528 g/mol. The molecule has 0 spiro atoms. The number of aromatic nitrogens is 4. The topological polar surface area (TPSA) is 136 Å². The summed E-state index contributed by atoms with van der Waals surface area (Å²) in [6.07, 6.45) is 1.42. The highest BCUT2D eigenvalue weighted by molar-refractivity contribution is 7.92. The number of ether oxygens (including phenoxy) is 1. The van der Waals surface area contributed by atoms with Crippen molar-refractivity contribution in [2.75, 3.05) is 47.5 Å². The number of hydrogen-bond donors (Lipinski definition) is 2. The number of pyridine rings is 2. The number of hydrogen-bond acceptors (Lipinski definition) is 9. The lowest BCUT2D eigenvalue weighted by Crippen LogP contribution is -2.44. The number of fused-ring (bicyclic) bond motifs is 1. The molecule has 0 aliphatic carbocycles. The number of alkyl halides is 1. The summed E-state index contributed by atoms with van der Waals surface area (Å²) in [5, 5.41) is 0. The quantitative estimate of drug-likeness (QED) is 0.333. The molecule has 0 bridgehead atoms. The van der Waals surface area contributed by atoms with Crippen LogP contribution in [0.3, 0.4) is 0 Å². The summed E-state index contributed by atoms with van der Waals surface area (Å²) in [6.45, 7) is 2.81. The second-order valence-corrected chi connectivity index (χ2v) is 11.0. The second-order valence-electron chi connectivity index (χ2n) is 9.15. The molecule has 0 saturated carbocycles. The first-order valence-corrected chi connectivity index (χ1v) is 14.0. The average molecular weight is 556 g/mol. The maximum atomic E-state index is 15.5. The first-order valence-electron chi connectivity index (χ1n) is 12.4. The molecule has 0 radical (unpaired) electrons. The van der Waals surface area contributed by atoms with Gasteiger partial charge in [0, 0.05) is 23.9 Å². The third-order valence-electron chi connectivity index (χ3n) is 6.29. The van der Waals surface area contributed by atoms with Gasteiger partial charge in [-0.3, -0.25) is 9.11 Å². The summed E-state index contributed by atoms with van der Waals surface area (Å²) in [5.74, 6) is 0.134. The maximum absolute atomic E-state index is 15.5. The van der Waals surface area contributed by atoms with E-state index in [1.807, 2.05) is 6.92 Å². The first kappa shape index (κ1) is 26.6. The zero-order valence-corrected chi connectivity index (χ0v) is 22.0. The standard InChI is InChI=1S/C26H27F2N7O3S/c1-16-15-38-12-11-35(16)26-24-21(32-25(33-26)17-6-9-22(29)30-14-17)8-7-19(31-24)18-4-2-5-20(23(18)28)34-39(36,37)13-3-10-27/h2,4-9,14,16,34H,3,10-13,15H2,1H3,(H2,29,30)/t16-/m0/s1. The lowest BCUT2D eigenvalue weighted by molar-refractivity contribution is 0.0987. The fraction of sp³-hybridized carbons (Fsp3) is 0.308. The van der Waals surface area contributed by atoms with Crippen molar-refractivity contribution in [3.8, 4) is 22.6 Å². The van der Waals surface area contributed by atoms with Crippen molar-refractivity contribution in [3.63, 3.8) is 0 Å². The van der Waals surface area contributed by atoms with E-state index in [2.05, 4.69) is 19.6 Å². The monoisotopic (exact) mass is 555 g/mol. The number of nitrogens with one attached hydrogen (secondary N) is 1.